The van der Waals surface area contributed by atoms with Crippen LogP contribution in [0.3, 0.4) is 0 Å². The van der Waals surface area contributed by atoms with E-state index in [2.05, 4.69) is 10.2 Å². The standard InChI is InChI=1S/C14H24N4O/c1-17-11-12(15)10-13(17)14(19)16-6-9-18-7-4-2-3-5-8-18/h10-11H,2-9,15H2,1H3,(H,16,19). The van der Waals surface area contributed by atoms with Crippen LogP contribution in [0.1, 0.15) is 36.2 Å². The molecule has 0 spiro atoms. The number of carbonyl (C=O) groups excluding carboxylic acids is 1. The van der Waals surface area contributed by atoms with E-state index in [1.807, 2.05) is 7.05 Å². The second-order valence-electron chi connectivity index (χ2n) is 5.28. The van der Waals surface area contributed by atoms with Gasteiger partial charge in [0.25, 0.3) is 5.91 Å². The summed E-state index contributed by atoms with van der Waals surface area (Å²) in [6, 6.07) is 1.71. The van der Waals surface area contributed by atoms with Crippen LogP contribution >= 0.6 is 0 Å². The number of hydrogen-bond donors (Lipinski definition) is 2. The fourth-order valence-electron chi connectivity index (χ4n) is 2.59. The van der Waals surface area contributed by atoms with Crippen molar-refractivity contribution in [2.75, 3.05) is 31.9 Å². The molecule has 0 aliphatic carbocycles. The molecule has 0 atom stereocenters. The highest BCUT2D eigenvalue weighted by Gasteiger charge is 2.12. The molecule has 1 saturated heterocycles. The topological polar surface area (TPSA) is 63.3 Å². The van der Waals surface area contributed by atoms with Gasteiger partial charge in [-0.25, -0.2) is 0 Å². The third-order valence-electron chi connectivity index (χ3n) is 3.67. The first-order chi connectivity index (χ1) is 9.16. The zero-order valence-electron chi connectivity index (χ0n) is 11.7. The summed E-state index contributed by atoms with van der Waals surface area (Å²) in [5.74, 6) is -0.0472. The van der Waals surface area contributed by atoms with E-state index in [0.717, 1.165) is 19.6 Å². The predicted molar refractivity (Wildman–Crippen MR) is 77.1 cm³/mol. The summed E-state index contributed by atoms with van der Waals surface area (Å²) in [6.45, 7) is 3.95. The van der Waals surface area contributed by atoms with Crippen LogP contribution in [0, 0.1) is 0 Å². The van der Waals surface area contributed by atoms with Crippen molar-refractivity contribution in [2.24, 2.45) is 7.05 Å². The third-order valence-corrected chi connectivity index (χ3v) is 3.67. The lowest BCUT2D eigenvalue weighted by Gasteiger charge is -2.19. The van der Waals surface area contributed by atoms with E-state index < -0.39 is 0 Å². The van der Waals surface area contributed by atoms with Crippen molar-refractivity contribution in [1.29, 1.82) is 0 Å². The Morgan fingerprint density at radius 3 is 2.58 bits per heavy atom. The lowest BCUT2D eigenvalue weighted by atomic mass is 10.2. The molecule has 5 heteroatoms. The van der Waals surface area contributed by atoms with Crippen molar-refractivity contribution in [1.82, 2.24) is 14.8 Å². The Bertz CT molecular complexity index is 419. The van der Waals surface area contributed by atoms with Crippen molar-refractivity contribution in [3.63, 3.8) is 0 Å². The van der Waals surface area contributed by atoms with Gasteiger partial charge in [0.1, 0.15) is 5.69 Å². The average Bonchev–Trinajstić information content (AvgIpc) is 2.58. The molecular weight excluding hydrogens is 240 g/mol. The number of anilines is 1. The van der Waals surface area contributed by atoms with Crippen LogP contribution in [-0.4, -0.2) is 41.6 Å². The van der Waals surface area contributed by atoms with Gasteiger partial charge in [0.2, 0.25) is 0 Å². The van der Waals surface area contributed by atoms with Gasteiger partial charge >= 0.3 is 0 Å². The molecule has 1 fully saturated rings. The first-order valence-electron chi connectivity index (χ1n) is 7.09. The van der Waals surface area contributed by atoms with E-state index in [-0.39, 0.29) is 5.91 Å². The monoisotopic (exact) mass is 264 g/mol. The maximum Gasteiger partial charge on any atom is 0.268 e. The summed E-state index contributed by atoms with van der Waals surface area (Å²) in [4.78, 5) is 14.4. The molecule has 1 aromatic rings. The molecule has 0 bridgehead atoms. The molecule has 2 rings (SSSR count). The van der Waals surface area contributed by atoms with Gasteiger partial charge in [0.05, 0.1) is 5.69 Å². The fraction of sp³-hybridized carbons (Fsp3) is 0.643. The molecule has 1 aliphatic rings. The van der Waals surface area contributed by atoms with Crippen LogP contribution in [0.2, 0.25) is 0 Å². The van der Waals surface area contributed by atoms with Crippen molar-refractivity contribution < 1.29 is 4.79 Å². The molecular formula is C14H24N4O. The molecule has 19 heavy (non-hydrogen) atoms. The molecule has 3 N–H and O–H groups in total. The predicted octanol–water partition coefficient (Wildman–Crippen LogP) is 1.21. The van der Waals surface area contributed by atoms with E-state index in [1.54, 1.807) is 16.8 Å². The molecule has 1 amide bonds. The highest BCUT2D eigenvalue weighted by Crippen LogP contribution is 2.09. The van der Waals surface area contributed by atoms with Crippen LogP contribution in [-0.2, 0) is 7.05 Å². The number of nitrogens with one attached hydrogen (secondary N) is 1. The molecule has 0 unspecified atom stereocenters. The van der Waals surface area contributed by atoms with Gasteiger partial charge < -0.3 is 20.5 Å². The van der Waals surface area contributed by atoms with Gasteiger partial charge in [-0.3, -0.25) is 4.79 Å². The fourth-order valence-corrected chi connectivity index (χ4v) is 2.59. The van der Waals surface area contributed by atoms with Gasteiger partial charge in [-0.1, -0.05) is 12.8 Å². The van der Waals surface area contributed by atoms with Gasteiger partial charge in [0.15, 0.2) is 0 Å². The lowest BCUT2D eigenvalue weighted by molar-refractivity contribution is 0.0940. The molecule has 2 heterocycles. The highest BCUT2D eigenvalue weighted by molar-refractivity contribution is 5.93. The quantitative estimate of drug-likeness (QED) is 0.859. The smallest absolute Gasteiger partial charge is 0.268 e. The Morgan fingerprint density at radius 1 is 1.32 bits per heavy atom. The zero-order valence-corrected chi connectivity index (χ0v) is 11.7. The number of aromatic nitrogens is 1. The van der Waals surface area contributed by atoms with Crippen molar-refractivity contribution in [3.05, 3.63) is 18.0 Å². The lowest BCUT2D eigenvalue weighted by Crippen LogP contribution is -2.36. The summed E-state index contributed by atoms with van der Waals surface area (Å²) in [6.07, 6.45) is 6.99. The number of nitrogens with two attached hydrogens (primary N) is 1. The number of nitrogens with zero attached hydrogens (tertiary/aromatic N) is 2. The average molecular weight is 264 g/mol. The Kier molecular flexibility index (Phi) is 4.85. The minimum Gasteiger partial charge on any atom is -0.397 e. The zero-order chi connectivity index (χ0) is 13.7. The Hall–Kier alpha value is -1.49. The third kappa shape index (κ3) is 3.99. The summed E-state index contributed by atoms with van der Waals surface area (Å²) in [5.41, 5.74) is 6.92. The number of rotatable bonds is 4. The molecule has 1 aromatic heterocycles. The van der Waals surface area contributed by atoms with E-state index >= 15 is 0 Å². The number of carbonyl (C=O) groups is 1. The van der Waals surface area contributed by atoms with Crippen LogP contribution in [0.15, 0.2) is 12.3 Å². The van der Waals surface area contributed by atoms with Gasteiger partial charge in [-0.05, 0) is 32.0 Å². The number of nitrogen functional groups attached to an aromatic ring is 1. The van der Waals surface area contributed by atoms with Crippen molar-refractivity contribution >= 4 is 11.6 Å². The summed E-state index contributed by atoms with van der Waals surface area (Å²) in [5, 5.41) is 2.96. The van der Waals surface area contributed by atoms with Crippen LogP contribution < -0.4 is 11.1 Å². The van der Waals surface area contributed by atoms with Gasteiger partial charge in [-0.15, -0.1) is 0 Å². The second kappa shape index (κ2) is 6.61. The highest BCUT2D eigenvalue weighted by atomic mass is 16.1. The molecule has 106 valence electrons. The molecule has 0 radical (unpaired) electrons. The Balaban J connectivity index is 1.76. The van der Waals surface area contributed by atoms with Gasteiger partial charge in [0, 0.05) is 26.3 Å². The largest absolute Gasteiger partial charge is 0.397 e. The SMILES string of the molecule is Cn1cc(N)cc1C(=O)NCCN1CCCCCC1. The first kappa shape index (κ1) is 13.9. The number of likely N-dealkylation sites (tertiary alicyclic amines) is 1. The minimum absolute atomic E-state index is 0.0472. The normalized spacial score (nSPS) is 17.1. The van der Waals surface area contributed by atoms with E-state index in [9.17, 15) is 4.79 Å². The summed E-state index contributed by atoms with van der Waals surface area (Å²) >= 11 is 0. The summed E-state index contributed by atoms with van der Waals surface area (Å²) < 4.78 is 1.76. The number of hydrogen-bond acceptors (Lipinski definition) is 3. The van der Waals surface area contributed by atoms with E-state index in [1.165, 1.54) is 25.7 Å². The Labute approximate surface area is 114 Å². The van der Waals surface area contributed by atoms with E-state index in [4.69, 9.17) is 5.73 Å². The minimum atomic E-state index is -0.0472. The number of amides is 1. The Morgan fingerprint density at radius 2 is 2.00 bits per heavy atom. The van der Waals surface area contributed by atoms with Crippen LogP contribution in [0.25, 0.3) is 0 Å². The van der Waals surface area contributed by atoms with Crippen molar-refractivity contribution in [2.45, 2.75) is 25.7 Å². The molecule has 0 saturated carbocycles. The van der Waals surface area contributed by atoms with Crippen LogP contribution in [0.4, 0.5) is 5.69 Å². The van der Waals surface area contributed by atoms with Crippen LogP contribution in [0.5, 0.6) is 0 Å². The summed E-state index contributed by atoms with van der Waals surface area (Å²) in [7, 11) is 1.83. The second-order valence-corrected chi connectivity index (χ2v) is 5.28. The van der Waals surface area contributed by atoms with Gasteiger partial charge in [-0.2, -0.15) is 0 Å². The maximum absolute atomic E-state index is 12.0. The first-order valence-corrected chi connectivity index (χ1v) is 7.09. The molecule has 5 nitrogen and oxygen atoms in total. The maximum atomic E-state index is 12.0. The molecule has 0 aromatic carbocycles. The van der Waals surface area contributed by atoms with E-state index in [0.29, 0.717) is 17.9 Å². The number of aryl methyl sites for hydroxylation is 1. The van der Waals surface area contributed by atoms with Crippen molar-refractivity contribution in [3.8, 4) is 0 Å². The molecule has 1 aliphatic heterocycles.